The number of benzene rings is 1. The van der Waals surface area contributed by atoms with E-state index in [4.69, 9.17) is 11.6 Å². The van der Waals surface area contributed by atoms with E-state index in [0.717, 1.165) is 36.6 Å². The summed E-state index contributed by atoms with van der Waals surface area (Å²) in [5.41, 5.74) is 2.29. The van der Waals surface area contributed by atoms with E-state index in [1.54, 1.807) is 0 Å². The van der Waals surface area contributed by atoms with Crippen LogP contribution in [0, 0.1) is 12.8 Å². The zero-order valence-corrected chi connectivity index (χ0v) is 13.5. The van der Waals surface area contributed by atoms with Crippen molar-refractivity contribution in [1.29, 1.82) is 0 Å². The fourth-order valence-corrected chi connectivity index (χ4v) is 3.04. The van der Waals surface area contributed by atoms with Crippen LogP contribution in [0.5, 0.6) is 0 Å². The standard InChI is InChI=1S/C17H20ClN3O/c1-13-8-19-21(9-13)12-15-10-20(11-15)17(22)6-5-14-3-2-4-16(18)7-14/h2-4,7-9,15H,5-6,10-12H2,1H3. The highest BCUT2D eigenvalue weighted by Gasteiger charge is 2.30. The molecule has 0 N–H and O–H groups in total. The third kappa shape index (κ3) is 3.69. The average Bonchev–Trinajstić information content (AvgIpc) is 2.85. The Morgan fingerprint density at radius 3 is 2.91 bits per heavy atom. The maximum Gasteiger partial charge on any atom is 0.222 e. The largest absolute Gasteiger partial charge is 0.342 e. The van der Waals surface area contributed by atoms with Gasteiger partial charge in [-0.05, 0) is 36.6 Å². The van der Waals surface area contributed by atoms with Crippen molar-refractivity contribution in [3.05, 3.63) is 52.8 Å². The van der Waals surface area contributed by atoms with Gasteiger partial charge in [0.2, 0.25) is 5.91 Å². The molecule has 1 fully saturated rings. The third-order valence-electron chi connectivity index (χ3n) is 4.03. The Bertz CT molecular complexity index is 661. The van der Waals surface area contributed by atoms with Crippen molar-refractivity contribution in [3.8, 4) is 0 Å². The first-order valence-corrected chi connectivity index (χ1v) is 7.99. The molecule has 3 rings (SSSR count). The summed E-state index contributed by atoms with van der Waals surface area (Å²) in [7, 11) is 0. The van der Waals surface area contributed by atoms with Gasteiger partial charge in [0.05, 0.1) is 6.20 Å². The Morgan fingerprint density at radius 2 is 2.23 bits per heavy atom. The smallest absolute Gasteiger partial charge is 0.222 e. The van der Waals surface area contributed by atoms with Crippen molar-refractivity contribution in [2.75, 3.05) is 13.1 Å². The lowest BCUT2D eigenvalue weighted by atomic mass is 9.99. The summed E-state index contributed by atoms with van der Waals surface area (Å²) in [6, 6.07) is 7.71. The van der Waals surface area contributed by atoms with E-state index >= 15 is 0 Å². The Morgan fingerprint density at radius 1 is 1.41 bits per heavy atom. The van der Waals surface area contributed by atoms with Crippen molar-refractivity contribution in [1.82, 2.24) is 14.7 Å². The molecule has 1 aromatic carbocycles. The van der Waals surface area contributed by atoms with Crippen molar-refractivity contribution in [2.45, 2.75) is 26.3 Å². The molecule has 1 amide bonds. The number of hydrogen-bond acceptors (Lipinski definition) is 2. The number of amides is 1. The van der Waals surface area contributed by atoms with Gasteiger partial charge >= 0.3 is 0 Å². The number of halogens is 1. The SMILES string of the molecule is Cc1cnn(CC2CN(C(=O)CCc3cccc(Cl)c3)C2)c1. The molecule has 5 heteroatoms. The van der Waals surface area contributed by atoms with Gasteiger partial charge in [0.1, 0.15) is 0 Å². The average molecular weight is 318 g/mol. The third-order valence-corrected chi connectivity index (χ3v) is 4.27. The molecule has 1 saturated heterocycles. The second-order valence-corrected chi connectivity index (χ2v) is 6.47. The van der Waals surface area contributed by atoms with Crippen molar-refractivity contribution in [2.24, 2.45) is 5.92 Å². The molecule has 0 bridgehead atoms. The van der Waals surface area contributed by atoms with Gasteiger partial charge in [0, 0.05) is 43.2 Å². The molecule has 0 aliphatic carbocycles. The molecule has 2 aromatic rings. The van der Waals surface area contributed by atoms with Crippen LogP contribution in [0.2, 0.25) is 5.02 Å². The summed E-state index contributed by atoms with van der Waals surface area (Å²) in [6.45, 7) is 4.61. The minimum absolute atomic E-state index is 0.230. The number of nitrogens with zero attached hydrogens (tertiary/aromatic N) is 3. The summed E-state index contributed by atoms with van der Waals surface area (Å²) in [6.07, 6.45) is 5.21. The number of rotatable bonds is 5. The van der Waals surface area contributed by atoms with E-state index in [2.05, 4.69) is 5.10 Å². The van der Waals surface area contributed by atoms with Crippen LogP contribution in [0.1, 0.15) is 17.5 Å². The second kappa shape index (κ2) is 6.53. The molecule has 0 spiro atoms. The molecule has 0 radical (unpaired) electrons. The van der Waals surface area contributed by atoms with Crippen LogP contribution in [0.15, 0.2) is 36.7 Å². The van der Waals surface area contributed by atoms with E-state index in [9.17, 15) is 4.79 Å². The Kier molecular flexibility index (Phi) is 4.48. The Labute approximate surface area is 135 Å². The van der Waals surface area contributed by atoms with Gasteiger partial charge in [-0.25, -0.2) is 0 Å². The number of aromatic nitrogens is 2. The van der Waals surface area contributed by atoms with Crippen LogP contribution in [-0.4, -0.2) is 33.7 Å². The van der Waals surface area contributed by atoms with Crippen LogP contribution in [0.4, 0.5) is 0 Å². The number of aryl methyl sites for hydroxylation is 2. The Hall–Kier alpha value is -1.81. The first-order chi connectivity index (χ1) is 10.6. The minimum Gasteiger partial charge on any atom is -0.342 e. The summed E-state index contributed by atoms with van der Waals surface area (Å²) < 4.78 is 1.97. The number of carbonyl (C=O) groups is 1. The molecule has 1 aliphatic rings. The minimum atomic E-state index is 0.230. The van der Waals surface area contributed by atoms with Crippen LogP contribution >= 0.6 is 11.6 Å². The van der Waals surface area contributed by atoms with E-state index < -0.39 is 0 Å². The maximum absolute atomic E-state index is 12.2. The first-order valence-electron chi connectivity index (χ1n) is 7.61. The summed E-state index contributed by atoms with van der Waals surface area (Å²) >= 11 is 5.96. The molecule has 1 aliphatic heterocycles. The fraction of sp³-hybridized carbons (Fsp3) is 0.412. The molecular formula is C17H20ClN3O. The summed E-state index contributed by atoms with van der Waals surface area (Å²) in [4.78, 5) is 14.1. The molecule has 116 valence electrons. The summed E-state index contributed by atoms with van der Waals surface area (Å²) in [5, 5.41) is 5.02. The lowest BCUT2D eigenvalue weighted by molar-refractivity contribution is -0.137. The highest BCUT2D eigenvalue weighted by Crippen LogP contribution is 2.20. The van der Waals surface area contributed by atoms with Crippen molar-refractivity contribution in [3.63, 3.8) is 0 Å². The van der Waals surface area contributed by atoms with Gasteiger partial charge < -0.3 is 4.90 Å². The predicted octanol–water partition coefficient (Wildman–Crippen LogP) is 2.94. The predicted molar refractivity (Wildman–Crippen MR) is 86.8 cm³/mol. The normalized spacial score (nSPS) is 14.9. The number of likely N-dealkylation sites (tertiary alicyclic amines) is 1. The zero-order chi connectivity index (χ0) is 15.5. The molecule has 0 atom stereocenters. The van der Waals surface area contributed by atoms with Gasteiger partial charge in [0.15, 0.2) is 0 Å². The van der Waals surface area contributed by atoms with Gasteiger partial charge in [-0.3, -0.25) is 9.48 Å². The van der Waals surface area contributed by atoms with E-state index in [-0.39, 0.29) is 5.91 Å². The molecule has 4 nitrogen and oxygen atoms in total. The number of hydrogen-bond donors (Lipinski definition) is 0. The molecule has 2 heterocycles. The molecular weight excluding hydrogens is 298 g/mol. The zero-order valence-electron chi connectivity index (χ0n) is 12.7. The van der Waals surface area contributed by atoms with E-state index in [1.807, 2.05) is 53.2 Å². The molecule has 22 heavy (non-hydrogen) atoms. The first kappa shape index (κ1) is 15.1. The van der Waals surface area contributed by atoms with Crippen LogP contribution < -0.4 is 0 Å². The topological polar surface area (TPSA) is 38.1 Å². The van der Waals surface area contributed by atoms with Gasteiger partial charge in [0.25, 0.3) is 0 Å². The van der Waals surface area contributed by atoms with Crippen molar-refractivity contribution >= 4 is 17.5 Å². The van der Waals surface area contributed by atoms with Crippen LogP contribution in [0.3, 0.4) is 0 Å². The highest BCUT2D eigenvalue weighted by atomic mass is 35.5. The monoisotopic (exact) mass is 317 g/mol. The lowest BCUT2D eigenvalue weighted by Gasteiger charge is -2.39. The number of carbonyl (C=O) groups excluding carboxylic acids is 1. The lowest BCUT2D eigenvalue weighted by Crippen LogP contribution is -2.51. The second-order valence-electron chi connectivity index (χ2n) is 6.03. The van der Waals surface area contributed by atoms with Gasteiger partial charge in [-0.2, -0.15) is 5.10 Å². The fourth-order valence-electron chi connectivity index (χ4n) is 2.82. The van der Waals surface area contributed by atoms with Gasteiger partial charge in [-0.15, -0.1) is 0 Å². The van der Waals surface area contributed by atoms with E-state index in [1.165, 1.54) is 5.56 Å². The van der Waals surface area contributed by atoms with Crippen LogP contribution in [-0.2, 0) is 17.8 Å². The molecule has 0 unspecified atom stereocenters. The quantitative estimate of drug-likeness (QED) is 0.850. The Balaban J connectivity index is 1.41. The highest BCUT2D eigenvalue weighted by molar-refractivity contribution is 6.30. The molecule has 1 aromatic heterocycles. The maximum atomic E-state index is 12.2. The molecule has 0 saturated carbocycles. The summed E-state index contributed by atoms with van der Waals surface area (Å²) in [5.74, 6) is 0.752. The van der Waals surface area contributed by atoms with Crippen LogP contribution in [0.25, 0.3) is 0 Å². The van der Waals surface area contributed by atoms with Crippen molar-refractivity contribution < 1.29 is 4.79 Å². The van der Waals surface area contributed by atoms with Gasteiger partial charge in [-0.1, -0.05) is 23.7 Å². The van der Waals surface area contributed by atoms with E-state index in [0.29, 0.717) is 12.3 Å².